The van der Waals surface area contributed by atoms with Crippen LogP contribution in [-0.4, -0.2) is 16.1 Å². The molecule has 6 nitrogen and oxygen atoms in total. The summed E-state index contributed by atoms with van der Waals surface area (Å²) in [6.07, 6.45) is -4.44. The van der Waals surface area contributed by atoms with Gasteiger partial charge < -0.3 is 9.15 Å². The molecule has 0 radical (unpaired) electrons. The fourth-order valence-electron chi connectivity index (χ4n) is 3.56. The van der Waals surface area contributed by atoms with Crippen LogP contribution in [-0.2, 0) is 11.0 Å². The van der Waals surface area contributed by atoms with Gasteiger partial charge in [-0.3, -0.25) is 10.1 Å². The first kappa shape index (κ1) is 19.8. The lowest BCUT2D eigenvalue weighted by molar-refractivity contribution is -0.137. The van der Waals surface area contributed by atoms with E-state index < -0.39 is 23.6 Å². The number of anilines is 1. The van der Waals surface area contributed by atoms with Crippen molar-refractivity contribution in [2.75, 3.05) is 5.32 Å². The zero-order chi connectivity index (χ0) is 22.3. The summed E-state index contributed by atoms with van der Waals surface area (Å²) < 4.78 is 49.6. The Kier molecular flexibility index (Phi) is 4.66. The van der Waals surface area contributed by atoms with Crippen LogP contribution in [0.2, 0.25) is 0 Å². The lowest BCUT2D eigenvalue weighted by Crippen LogP contribution is -2.25. The molecule has 0 bridgehead atoms. The second-order valence-corrected chi connectivity index (χ2v) is 7.09. The van der Waals surface area contributed by atoms with E-state index in [0.29, 0.717) is 28.2 Å². The second-order valence-electron chi connectivity index (χ2n) is 7.09. The minimum absolute atomic E-state index is 0.0122. The Labute approximate surface area is 179 Å². The molecule has 0 fully saturated rings. The fraction of sp³-hybridized carbons (Fsp3) is 0.0870. The quantitative estimate of drug-likeness (QED) is 0.449. The average molecular weight is 437 g/mol. The zero-order valence-corrected chi connectivity index (χ0v) is 16.3. The number of amides is 1. The number of alkyl halides is 3. The van der Waals surface area contributed by atoms with Crippen molar-refractivity contribution >= 4 is 11.9 Å². The number of rotatable bonds is 3. The molecule has 3 aromatic carbocycles. The van der Waals surface area contributed by atoms with E-state index in [1.807, 2.05) is 24.3 Å². The number of hydrogen-bond acceptors (Lipinski definition) is 5. The third kappa shape index (κ3) is 3.58. The van der Waals surface area contributed by atoms with Crippen LogP contribution < -0.4 is 10.1 Å². The standard InChI is InChI=1S/C23H14F3N3O3/c24-23(25,26)14-11-9-13(10-12-14)21-28-29-22(32-21)27-20(30)19-15-5-1-3-7-17(15)31-18-8-4-2-6-16(18)19/h1-12,19H,(H,27,29,30). The molecule has 0 unspecified atom stereocenters. The molecule has 0 saturated carbocycles. The van der Waals surface area contributed by atoms with Gasteiger partial charge in [0.25, 0.3) is 0 Å². The molecule has 0 spiro atoms. The molecule has 0 aliphatic carbocycles. The van der Waals surface area contributed by atoms with Gasteiger partial charge in [0, 0.05) is 16.7 Å². The third-order valence-electron chi connectivity index (χ3n) is 5.06. The molecule has 1 aliphatic heterocycles. The van der Waals surface area contributed by atoms with Gasteiger partial charge in [-0.25, -0.2) is 0 Å². The molecule has 1 N–H and O–H groups in total. The SMILES string of the molecule is O=C(Nc1nnc(-c2ccc(C(F)(F)F)cc2)o1)C1c2ccccc2Oc2ccccc21. The van der Waals surface area contributed by atoms with Crippen LogP contribution >= 0.6 is 0 Å². The predicted molar refractivity (Wildman–Crippen MR) is 108 cm³/mol. The first-order chi connectivity index (χ1) is 15.4. The largest absolute Gasteiger partial charge is 0.457 e. The molecule has 1 aliphatic rings. The van der Waals surface area contributed by atoms with Gasteiger partial charge >= 0.3 is 12.2 Å². The van der Waals surface area contributed by atoms with Gasteiger partial charge in [-0.05, 0) is 36.4 Å². The first-order valence-electron chi connectivity index (χ1n) is 9.58. The fourth-order valence-corrected chi connectivity index (χ4v) is 3.56. The summed E-state index contributed by atoms with van der Waals surface area (Å²) in [5.74, 6) is 0.0554. The van der Waals surface area contributed by atoms with Gasteiger partial charge in [0.05, 0.1) is 11.5 Å². The lowest BCUT2D eigenvalue weighted by Gasteiger charge is -2.26. The highest BCUT2D eigenvalue weighted by atomic mass is 19.4. The van der Waals surface area contributed by atoms with E-state index in [1.165, 1.54) is 12.1 Å². The number of carbonyl (C=O) groups excluding carboxylic acids is 1. The molecule has 4 aromatic rings. The summed E-state index contributed by atoms with van der Waals surface area (Å²) in [6, 6.07) is 18.6. The van der Waals surface area contributed by atoms with Gasteiger partial charge in [0.1, 0.15) is 11.5 Å². The number of aromatic nitrogens is 2. The molecule has 2 heterocycles. The van der Waals surface area contributed by atoms with Crippen LogP contribution in [0.3, 0.4) is 0 Å². The topological polar surface area (TPSA) is 77.3 Å². The van der Waals surface area contributed by atoms with Crippen molar-refractivity contribution < 1.29 is 27.1 Å². The van der Waals surface area contributed by atoms with E-state index in [0.717, 1.165) is 12.1 Å². The van der Waals surface area contributed by atoms with Crippen molar-refractivity contribution in [2.24, 2.45) is 0 Å². The van der Waals surface area contributed by atoms with Gasteiger partial charge in [-0.2, -0.15) is 13.2 Å². The van der Waals surface area contributed by atoms with Gasteiger partial charge in [-0.15, -0.1) is 5.10 Å². The predicted octanol–water partition coefficient (Wildman–Crippen LogP) is 5.63. The smallest absolute Gasteiger partial charge is 0.416 e. The van der Waals surface area contributed by atoms with Crippen molar-refractivity contribution in [3.63, 3.8) is 0 Å². The monoisotopic (exact) mass is 437 g/mol. The molecular weight excluding hydrogens is 423 g/mol. The Bertz CT molecular complexity index is 1250. The molecule has 1 amide bonds. The van der Waals surface area contributed by atoms with Crippen LogP contribution in [0.15, 0.2) is 77.2 Å². The van der Waals surface area contributed by atoms with Crippen LogP contribution in [0.25, 0.3) is 11.5 Å². The van der Waals surface area contributed by atoms with Crippen LogP contribution in [0.1, 0.15) is 22.6 Å². The number of carbonyl (C=O) groups is 1. The van der Waals surface area contributed by atoms with E-state index in [2.05, 4.69) is 15.5 Å². The van der Waals surface area contributed by atoms with Crippen LogP contribution in [0, 0.1) is 0 Å². The highest BCUT2D eigenvalue weighted by molar-refractivity contribution is 5.98. The number of hydrogen-bond donors (Lipinski definition) is 1. The summed E-state index contributed by atoms with van der Waals surface area (Å²) >= 11 is 0. The summed E-state index contributed by atoms with van der Waals surface area (Å²) in [4.78, 5) is 13.2. The van der Waals surface area contributed by atoms with Crippen molar-refractivity contribution in [1.82, 2.24) is 10.2 Å². The number of nitrogens with one attached hydrogen (secondary N) is 1. The third-order valence-corrected chi connectivity index (χ3v) is 5.06. The molecule has 0 atom stereocenters. The summed E-state index contributed by atoms with van der Waals surface area (Å²) in [5.41, 5.74) is 0.885. The van der Waals surface area contributed by atoms with Crippen LogP contribution in [0.4, 0.5) is 19.2 Å². The highest BCUT2D eigenvalue weighted by Gasteiger charge is 2.33. The van der Waals surface area contributed by atoms with Gasteiger partial charge in [-0.1, -0.05) is 41.5 Å². The van der Waals surface area contributed by atoms with E-state index >= 15 is 0 Å². The lowest BCUT2D eigenvalue weighted by atomic mass is 9.87. The summed E-state index contributed by atoms with van der Waals surface area (Å²) in [6.45, 7) is 0. The van der Waals surface area contributed by atoms with Gasteiger partial charge in [0.2, 0.25) is 11.8 Å². The minimum Gasteiger partial charge on any atom is -0.457 e. The minimum atomic E-state index is -4.44. The average Bonchev–Trinajstić information content (AvgIpc) is 3.25. The van der Waals surface area contributed by atoms with Crippen molar-refractivity contribution in [3.05, 3.63) is 89.5 Å². The maximum absolute atomic E-state index is 13.2. The first-order valence-corrected chi connectivity index (χ1v) is 9.58. The number of benzene rings is 3. The number of nitrogens with zero attached hydrogens (tertiary/aromatic N) is 2. The zero-order valence-electron chi connectivity index (χ0n) is 16.3. The van der Waals surface area contributed by atoms with E-state index in [-0.39, 0.29) is 11.9 Å². The summed E-state index contributed by atoms with van der Waals surface area (Å²) in [7, 11) is 0. The molecule has 0 saturated heterocycles. The number of fused-ring (bicyclic) bond motifs is 2. The molecule has 9 heteroatoms. The normalized spacial score (nSPS) is 13.1. The van der Waals surface area contributed by atoms with E-state index in [9.17, 15) is 18.0 Å². The van der Waals surface area contributed by atoms with Crippen molar-refractivity contribution in [3.8, 4) is 23.0 Å². The highest BCUT2D eigenvalue weighted by Crippen LogP contribution is 2.44. The Hall–Kier alpha value is -4.14. The molecule has 5 rings (SSSR count). The molecule has 1 aromatic heterocycles. The second kappa shape index (κ2) is 7.52. The Morgan fingerprint density at radius 1 is 0.844 bits per heavy atom. The van der Waals surface area contributed by atoms with E-state index in [1.54, 1.807) is 24.3 Å². The number of para-hydroxylation sites is 2. The maximum atomic E-state index is 13.2. The number of ether oxygens (including phenoxy) is 1. The van der Waals surface area contributed by atoms with E-state index in [4.69, 9.17) is 9.15 Å². The molecule has 160 valence electrons. The Morgan fingerprint density at radius 3 is 2.03 bits per heavy atom. The van der Waals surface area contributed by atoms with Gasteiger partial charge in [0.15, 0.2) is 0 Å². The molecule has 32 heavy (non-hydrogen) atoms. The maximum Gasteiger partial charge on any atom is 0.416 e. The Balaban J connectivity index is 1.41. The molecular formula is C23H14F3N3O3. The number of halogens is 3. The van der Waals surface area contributed by atoms with Crippen molar-refractivity contribution in [2.45, 2.75) is 12.1 Å². The summed E-state index contributed by atoms with van der Waals surface area (Å²) in [5, 5.41) is 10.2. The van der Waals surface area contributed by atoms with Crippen molar-refractivity contribution in [1.29, 1.82) is 0 Å². The Morgan fingerprint density at radius 2 is 1.44 bits per heavy atom. The van der Waals surface area contributed by atoms with Crippen LogP contribution in [0.5, 0.6) is 11.5 Å².